The van der Waals surface area contributed by atoms with Gasteiger partial charge in [-0.15, -0.1) is 0 Å². The molecule has 2 unspecified atom stereocenters. The number of piperidine rings is 1. The van der Waals surface area contributed by atoms with Gasteiger partial charge in [0.1, 0.15) is 5.82 Å². The molecule has 17 heavy (non-hydrogen) atoms. The van der Waals surface area contributed by atoms with E-state index in [1.807, 2.05) is 6.07 Å². The number of pyridine rings is 1. The topological polar surface area (TPSA) is 62.4 Å². The Labute approximate surface area is 109 Å². The fourth-order valence-electron chi connectivity index (χ4n) is 3.13. The summed E-state index contributed by atoms with van der Waals surface area (Å²) in [4.78, 5) is 6.80. The quantitative estimate of drug-likeness (QED) is 0.831. The van der Waals surface area contributed by atoms with Crippen molar-refractivity contribution in [3.05, 3.63) is 16.7 Å². The number of hydrogen-bond donors (Lipinski definition) is 2. The van der Waals surface area contributed by atoms with Gasteiger partial charge in [0.05, 0.1) is 22.5 Å². The fraction of sp³-hybridized carbons (Fsp3) is 0.583. The molecule has 2 bridgehead atoms. The van der Waals surface area contributed by atoms with Gasteiger partial charge >= 0.3 is 0 Å². The van der Waals surface area contributed by atoms with Crippen LogP contribution in [0.4, 0.5) is 11.5 Å². The van der Waals surface area contributed by atoms with Crippen LogP contribution in [0.1, 0.15) is 25.7 Å². The van der Waals surface area contributed by atoms with Gasteiger partial charge in [-0.2, -0.15) is 0 Å². The minimum absolute atomic E-state index is 0.142. The van der Waals surface area contributed by atoms with Crippen LogP contribution < -0.4 is 10.6 Å². The summed E-state index contributed by atoms with van der Waals surface area (Å²) in [5, 5.41) is 9.79. The lowest BCUT2D eigenvalue weighted by Gasteiger charge is -2.38. The minimum atomic E-state index is -0.142. The first-order valence-corrected chi connectivity index (χ1v) is 6.82. The Morgan fingerprint density at radius 3 is 2.59 bits per heavy atom. The third-order valence-electron chi connectivity index (χ3n) is 3.80. The molecule has 2 atom stereocenters. The summed E-state index contributed by atoms with van der Waals surface area (Å²) in [6, 6.07) is 2.75. The average Bonchev–Trinajstić information content (AvgIpc) is 2.53. The van der Waals surface area contributed by atoms with Crippen LogP contribution in [-0.4, -0.2) is 28.3 Å². The molecule has 1 aromatic heterocycles. The zero-order chi connectivity index (χ0) is 12.0. The minimum Gasteiger partial charge on any atom is -0.397 e. The largest absolute Gasteiger partial charge is 0.397 e. The second kappa shape index (κ2) is 4.14. The second-order valence-electron chi connectivity index (χ2n) is 4.99. The molecule has 2 aliphatic rings. The molecule has 0 aromatic carbocycles. The Kier molecular flexibility index (Phi) is 2.75. The predicted octanol–water partition coefficient (Wildman–Crippen LogP) is 1.92. The molecular weight excluding hydrogens is 282 g/mol. The predicted molar refractivity (Wildman–Crippen MR) is 70.9 cm³/mol. The molecule has 3 heterocycles. The van der Waals surface area contributed by atoms with Gasteiger partial charge in [0.2, 0.25) is 0 Å². The van der Waals surface area contributed by atoms with E-state index in [0.29, 0.717) is 17.8 Å². The molecule has 0 aliphatic carbocycles. The summed E-state index contributed by atoms with van der Waals surface area (Å²) >= 11 is 3.53. The molecule has 2 aliphatic heterocycles. The van der Waals surface area contributed by atoms with Crippen LogP contribution in [0.25, 0.3) is 0 Å². The SMILES string of the molecule is Nc1cnc(N2C3CCC2CC(O)C3)c(Br)c1. The first-order valence-electron chi connectivity index (χ1n) is 6.02. The van der Waals surface area contributed by atoms with Gasteiger partial charge in [-0.05, 0) is 47.7 Å². The second-order valence-corrected chi connectivity index (χ2v) is 5.85. The highest BCUT2D eigenvalue weighted by Gasteiger charge is 2.41. The number of nitrogens with two attached hydrogens (primary N) is 1. The maximum absolute atomic E-state index is 9.79. The van der Waals surface area contributed by atoms with E-state index < -0.39 is 0 Å². The number of rotatable bonds is 1. The first kappa shape index (κ1) is 11.3. The Morgan fingerprint density at radius 1 is 1.35 bits per heavy atom. The number of nitrogen functional groups attached to an aromatic ring is 1. The molecule has 3 rings (SSSR count). The molecule has 0 amide bonds. The van der Waals surface area contributed by atoms with Gasteiger partial charge < -0.3 is 15.7 Å². The van der Waals surface area contributed by atoms with Crippen molar-refractivity contribution in [3.8, 4) is 0 Å². The molecule has 4 nitrogen and oxygen atoms in total. The van der Waals surface area contributed by atoms with Gasteiger partial charge in [-0.1, -0.05) is 0 Å². The van der Waals surface area contributed by atoms with Crippen LogP contribution in [0.5, 0.6) is 0 Å². The van der Waals surface area contributed by atoms with Gasteiger partial charge in [0, 0.05) is 12.1 Å². The summed E-state index contributed by atoms with van der Waals surface area (Å²) in [5.74, 6) is 0.971. The number of halogens is 1. The van der Waals surface area contributed by atoms with E-state index in [1.54, 1.807) is 6.20 Å². The Balaban J connectivity index is 1.94. The summed E-state index contributed by atoms with van der Waals surface area (Å²) < 4.78 is 0.950. The molecule has 0 spiro atoms. The lowest BCUT2D eigenvalue weighted by atomic mass is 10.00. The van der Waals surface area contributed by atoms with Crippen LogP contribution in [0, 0.1) is 0 Å². The van der Waals surface area contributed by atoms with Crippen LogP contribution in [-0.2, 0) is 0 Å². The number of aliphatic hydroxyl groups is 1. The van der Waals surface area contributed by atoms with Crippen LogP contribution >= 0.6 is 15.9 Å². The van der Waals surface area contributed by atoms with E-state index in [-0.39, 0.29) is 6.10 Å². The summed E-state index contributed by atoms with van der Waals surface area (Å²) in [7, 11) is 0. The number of nitrogens with zero attached hydrogens (tertiary/aromatic N) is 2. The van der Waals surface area contributed by atoms with Crippen LogP contribution in [0.3, 0.4) is 0 Å². The van der Waals surface area contributed by atoms with Crippen molar-refractivity contribution in [2.45, 2.75) is 43.9 Å². The van der Waals surface area contributed by atoms with Gasteiger partial charge in [-0.25, -0.2) is 4.98 Å². The van der Waals surface area contributed by atoms with Crippen molar-refractivity contribution >= 4 is 27.4 Å². The molecule has 0 saturated carbocycles. The zero-order valence-electron chi connectivity index (χ0n) is 9.51. The number of aliphatic hydroxyl groups excluding tert-OH is 1. The van der Waals surface area contributed by atoms with Crippen molar-refractivity contribution in [2.75, 3.05) is 10.6 Å². The highest BCUT2D eigenvalue weighted by Crippen LogP contribution is 2.41. The van der Waals surface area contributed by atoms with Crippen molar-refractivity contribution < 1.29 is 5.11 Å². The molecule has 2 fully saturated rings. The molecule has 1 aromatic rings. The zero-order valence-corrected chi connectivity index (χ0v) is 11.1. The van der Waals surface area contributed by atoms with E-state index in [9.17, 15) is 5.11 Å². The van der Waals surface area contributed by atoms with Crippen LogP contribution in [0.15, 0.2) is 16.7 Å². The molecule has 92 valence electrons. The van der Waals surface area contributed by atoms with Crippen molar-refractivity contribution in [1.82, 2.24) is 4.98 Å². The van der Waals surface area contributed by atoms with E-state index in [2.05, 4.69) is 25.8 Å². The monoisotopic (exact) mass is 297 g/mol. The standard InChI is InChI=1S/C12H16BrN3O/c13-11-3-7(14)6-15-12(11)16-8-1-2-9(16)5-10(17)4-8/h3,6,8-10,17H,1-2,4-5,14H2. The normalized spacial score (nSPS) is 31.9. The van der Waals surface area contributed by atoms with E-state index in [1.165, 1.54) is 0 Å². The number of aromatic nitrogens is 1. The van der Waals surface area contributed by atoms with Gasteiger partial charge in [-0.3, -0.25) is 0 Å². The molecular formula is C12H16BrN3O. The Bertz CT molecular complexity index is 426. The third kappa shape index (κ3) is 1.91. The van der Waals surface area contributed by atoms with Gasteiger partial charge in [0.25, 0.3) is 0 Å². The fourth-order valence-corrected chi connectivity index (χ4v) is 3.70. The van der Waals surface area contributed by atoms with Crippen molar-refractivity contribution in [3.63, 3.8) is 0 Å². The lowest BCUT2D eigenvalue weighted by molar-refractivity contribution is 0.126. The summed E-state index contributed by atoms with van der Waals surface area (Å²) in [5.41, 5.74) is 6.38. The highest BCUT2D eigenvalue weighted by molar-refractivity contribution is 9.10. The van der Waals surface area contributed by atoms with Crippen molar-refractivity contribution in [1.29, 1.82) is 0 Å². The maximum Gasteiger partial charge on any atom is 0.143 e. The highest BCUT2D eigenvalue weighted by atomic mass is 79.9. The first-order chi connectivity index (χ1) is 8.15. The molecule has 0 radical (unpaired) electrons. The third-order valence-corrected chi connectivity index (χ3v) is 4.38. The number of hydrogen-bond acceptors (Lipinski definition) is 4. The van der Waals surface area contributed by atoms with Crippen LogP contribution in [0.2, 0.25) is 0 Å². The summed E-state index contributed by atoms with van der Waals surface area (Å²) in [6.07, 6.45) is 5.57. The molecule has 3 N–H and O–H groups in total. The van der Waals surface area contributed by atoms with E-state index in [0.717, 1.165) is 36.0 Å². The Morgan fingerprint density at radius 2 is 2.00 bits per heavy atom. The van der Waals surface area contributed by atoms with Crippen molar-refractivity contribution in [2.24, 2.45) is 0 Å². The average molecular weight is 298 g/mol. The number of fused-ring (bicyclic) bond motifs is 2. The lowest BCUT2D eigenvalue weighted by Crippen LogP contribution is -2.45. The molecule has 5 heteroatoms. The van der Waals surface area contributed by atoms with Gasteiger partial charge in [0.15, 0.2) is 0 Å². The summed E-state index contributed by atoms with van der Waals surface area (Å²) in [6.45, 7) is 0. The molecule has 2 saturated heterocycles. The van der Waals surface area contributed by atoms with E-state index in [4.69, 9.17) is 5.73 Å². The van der Waals surface area contributed by atoms with E-state index >= 15 is 0 Å². The number of anilines is 2. The smallest absolute Gasteiger partial charge is 0.143 e. The maximum atomic E-state index is 9.79. The Hall–Kier alpha value is -0.810.